The van der Waals surface area contributed by atoms with Crippen LogP contribution in [0.5, 0.6) is 5.88 Å². The highest BCUT2D eigenvalue weighted by Crippen LogP contribution is 2.50. The lowest BCUT2D eigenvalue weighted by atomic mass is 9.81. The van der Waals surface area contributed by atoms with Crippen molar-refractivity contribution in [3.8, 4) is 5.88 Å². The highest BCUT2D eigenvalue weighted by atomic mass is 16.5. The minimum Gasteiger partial charge on any atom is -0.469 e. The third-order valence-corrected chi connectivity index (χ3v) is 5.37. The molecule has 1 aliphatic carbocycles. The Hall–Kier alpha value is -2.36. The maximum atomic E-state index is 12.4. The fraction of sp³-hybridized carbons (Fsp3) is 0.429. The van der Waals surface area contributed by atoms with Crippen LogP contribution in [0, 0.1) is 18.8 Å². The number of aromatic nitrogens is 1. The summed E-state index contributed by atoms with van der Waals surface area (Å²) in [5.41, 5.74) is 3.01. The summed E-state index contributed by atoms with van der Waals surface area (Å²) in [4.78, 5) is 18.9. The van der Waals surface area contributed by atoms with Crippen LogP contribution in [0.1, 0.15) is 44.1 Å². The van der Waals surface area contributed by atoms with Gasteiger partial charge in [0.25, 0.3) is 0 Å². The normalized spacial score (nSPS) is 25.4. The van der Waals surface area contributed by atoms with Crippen LogP contribution in [0.2, 0.25) is 0 Å². The van der Waals surface area contributed by atoms with Gasteiger partial charge in [-0.05, 0) is 37.8 Å². The van der Waals surface area contributed by atoms with Crippen molar-refractivity contribution in [2.75, 3.05) is 4.90 Å². The van der Waals surface area contributed by atoms with Gasteiger partial charge in [0.2, 0.25) is 11.8 Å². The van der Waals surface area contributed by atoms with E-state index in [4.69, 9.17) is 4.74 Å². The molecule has 1 amide bonds. The Morgan fingerprint density at radius 1 is 1.16 bits per heavy atom. The highest BCUT2D eigenvalue weighted by Gasteiger charge is 2.48. The zero-order valence-corrected chi connectivity index (χ0v) is 15.0. The molecule has 1 aromatic carbocycles. The second-order valence-corrected chi connectivity index (χ2v) is 7.29. The quantitative estimate of drug-likeness (QED) is 0.839. The number of benzene rings is 1. The summed E-state index contributed by atoms with van der Waals surface area (Å²) in [6.07, 6.45) is 2.29. The van der Waals surface area contributed by atoms with E-state index >= 15 is 0 Å². The summed E-state index contributed by atoms with van der Waals surface area (Å²) >= 11 is 0. The lowest BCUT2D eigenvalue weighted by molar-refractivity contribution is -0.117. The van der Waals surface area contributed by atoms with Crippen molar-refractivity contribution < 1.29 is 9.53 Å². The van der Waals surface area contributed by atoms with Crippen LogP contribution in [-0.4, -0.2) is 16.9 Å². The summed E-state index contributed by atoms with van der Waals surface area (Å²) in [6, 6.07) is 14.2. The third-order valence-electron chi connectivity index (χ3n) is 5.37. The SMILES string of the molecule is CC(=O)N1c2ccccc2[C@H](Oc2cccc(C)n2)[C@@H](C)C1C1CC1. The molecule has 2 aliphatic rings. The van der Waals surface area contributed by atoms with Gasteiger partial charge >= 0.3 is 0 Å². The standard InChI is InChI=1S/C21H24N2O2/c1-13-7-6-10-19(22-13)25-21-14(2)20(16-11-12-16)23(15(3)24)18-9-5-4-8-17(18)21/h4-10,14,16,20-21H,11-12H2,1-3H3/t14-,20?,21+/m0/s1. The van der Waals surface area contributed by atoms with E-state index in [0.717, 1.165) is 16.9 Å². The monoisotopic (exact) mass is 336 g/mol. The molecule has 0 saturated heterocycles. The Morgan fingerprint density at radius 2 is 1.92 bits per heavy atom. The molecule has 25 heavy (non-hydrogen) atoms. The third kappa shape index (κ3) is 2.90. The number of carbonyl (C=O) groups is 1. The molecule has 130 valence electrons. The summed E-state index contributed by atoms with van der Waals surface area (Å²) in [6.45, 7) is 5.84. The summed E-state index contributed by atoms with van der Waals surface area (Å²) in [5, 5.41) is 0. The van der Waals surface area contributed by atoms with Crippen LogP contribution in [0.25, 0.3) is 0 Å². The van der Waals surface area contributed by atoms with Gasteiger partial charge < -0.3 is 9.64 Å². The maximum absolute atomic E-state index is 12.4. The van der Waals surface area contributed by atoms with Gasteiger partial charge in [-0.2, -0.15) is 0 Å². The Kier molecular flexibility index (Phi) is 3.98. The molecule has 1 fully saturated rings. The van der Waals surface area contributed by atoms with Crippen LogP contribution in [0.4, 0.5) is 5.69 Å². The molecule has 1 aliphatic heterocycles. The number of para-hydroxylation sites is 1. The van der Waals surface area contributed by atoms with E-state index in [0.29, 0.717) is 11.8 Å². The van der Waals surface area contributed by atoms with Crippen molar-refractivity contribution >= 4 is 11.6 Å². The van der Waals surface area contributed by atoms with Crippen LogP contribution in [-0.2, 0) is 4.79 Å². The Labute approximate surface area is 148 Å². The number of pyridine rings is 1. The van der Waals surface area contributed by atoms with Crippen LogP contribution >= 0.6 is 0 Å². The largest absolute Gasteiger partial charge is 0.469 e. The number of aryl methyl sites for hydroxylation is 1. The molecule has 4 rings (SSSR count). The van der Waals surface area contributed by atoms with Gasteiger partial charge in [0.15, 0.2) is 0 Å². The highest BCUT2D eigenvalue weighted by molar-refractivity contribution is 5.94. The summed E-state index contributed by atoms with van der Waals surface area (Å²) in [7, 11) is 0. The van der Waals surface area contributed by atoms with E-state index in [1.165, 1.54) is 12.8 Å². The number of anilines is 1. The van der Waals surface area contributed by atoms with Gasteiger partial charge in [-0.1, -0.05) is 31.2 Å². The second-order valence-electron chi connectivity index (χ2n) is 7.29. The van der Waals surface area contributed by atoms with Crippen molar-refractivity contribution in [1.29, 1.82) is 0 Å². The number of nitrogens with zero attached hydrogens (tertiary/aromatic N) is 2. The first-order valence-electron chi connectivity index (χ1n) is 9.05. The molecule has 0 radical (unpaired) electrons. The number of rotatable bonds is 3. The molecule has 4 heteroatoms. The first kappa shape index (κ1) is 16.1. The van der Waals surface area contributed by atoms with Crippen LogP contribution in [0.3, 0.4) is 0 Å². The van der Waals surface area contributed by atoms with Gasteiger partial charge in [0.1, 0.15) is 6.10 Å². The molecule has 0 bridgehead atoms. The second kappa shape index (κ2) is 6.17. The van der Waals surface area contributed by atoms with Gasteiger partial charge in [0.05, 0.1) is 5.69 Å². The average Bonchev–Trinajstić information content (AvgIpc) is 3.41. The van der Waals surface area contributed by atoms with E-state index in [1.807, 2.05) is 48.2 Å². The topological polar surface area (TPSA) is 42.4 Å². The van der Waals surface area contributed by atoms with Crippen molar-refractivity contribution in [2.45, 2.75) is 45.8 Å². The van der Waals surface area contributed by atoms with Gasteiger partial charge in [-0.15, -0.1) is 0 Å². The van der Waals surface area contributed by atoms with Crippen molar-refractivity contribution in [3.05, 3.63) is 53.7 Å². The van der Waals surface area contributed by atoms with Crippen molar-refractivity contribution in [2.24, 2.45) is 11.8 Å². The number of amides is 1. The lowest BCUT2D eigenvalue weighted by Gasteiger charge is -2.45. The first-order chi connectivity index (χ1) is 12.1. The molecule has 1 saturated carbocycles. The molecule has 0 spiro atoms. The molecule has 1 aromatic heterocycles. The number of ether oxygens (including phenoxy) is 1. The van der Waals surface area contributed by atoms with E-state index < -0.39 is 0 Å². The maximum Gasteiger partial charge on any atom is 0.224 e. The van der Waals surface area contributed by atoms with E-state index in [-0.39, 0.29) is 24.0 Å². The Bertz CT molecular complexity index is 800. The predicted molar refractivity (Wildman–Crippen MR) is 97.6 cm³/mol. The minimum atomic E-state index is -0.0910. The van der Waals surface area contributed by atoms with E-state index in [9.17, 15) is 4.79 Å². The Balaban J connectivity index is 1.77. The van der Waals surface area contributed by atoms with Crippen LogP contribution < -0.4 is 9.64 Å². The van der Waals surface area contributed by atoms with Crippen LogP contribution in [0.15, 0.2) is 42.5 Å². The average molecular weight is 336 g/mol. The van der Waals surface area contributed by atoms with Crippen molar-refractivity contribution in [1.82, 2.24) is 4.98 Å². The predicted octanol–water partition coefficient (Wildman–Crippen LogP) is 4.29. The van der Waals surface area contributed by atoms with E-state index in [2.05, 4.69) is 18.0 Å². The fourth-order valence-electron chi connectivity index (χ4n) is 4.15. The molecule has 1 unspecified atom stereocenters. The fourth-order valence-corrected chi connectivity index (χ4v) is 4.15. The Morgan fingerprint density at radius 3 is 2.60 bits per heavy atom. The van der Waals surface area contributed by atoms with Gasteiger partial charge in [-0.3, -0.25) is 4.79 Å². The molecule has 3 atom stereocenters. The molecule has 4 nitrogen and oxygen atoms in total. The number of fused-ring (bicyclic) bond motifs is 1. The number of hydrogen-bond acceptors (Lipinski definition) is 3. The molecular formula is C21H24N2O2. The lowest BCUT2D eigenvalue weighted by Crippen LogP contribution is -2.50. The molecule has 2 aromatic rings. The number of hydrogen-bond donors (Lipinski definition) is 0. The molecular weight excluding hydrogens is 312 g/mol. The van der Waals surface area contributed by atoms with Gasteiger partial charge in [-0.25, -0.2) is 4.98 Å². The first-order valence-corrected chi connectivity index (χ1v) is 9.05. The van der Waals surface area contributed by atoms with Gasteiger partial charge in [0, 0.05) is 36.2 Å². The molecule has 0 N–H and O–H groups in total. The zero-order valence-electron chi connectivity index (χ0n) is 15.0. The molecule has 2 heterocycles. The van der Waals surface area contributed by atoms with Crippen molar-refractivity contribution in [3.63, 3.8) is 0 Å². The number of carbonyl (C=O) groups excluding carboxylic acids is 1. The summed E-state index contributed by atoms with van der Waals surface area (Å²) in [5.74, 6) is 1.55. The van der Waals surface area contributed by atoms with E-state index in [1.54, 1.807) is 6.92 Å². The zero-order chi connectivity index (χ0) is 17.6. The minimum absolute atomic E-state index is 0.0910. The summed E-state index contributed by atoms with van der Waals surface area (Å²) < 4.78 is 6.36. The smallest absolute Gasteiger partial charge is 0.224 e.